The minimum Gasteiger partial charge on any atom is -0.494 e. The van der Waals surface area contributed by atoms with E-state index in [1.807, 2.05) is 56.3 Å². The number of amides is 2. The number of halogens is 1. The number of carbonyl (C=O) groups is 2. The lowest BCUT2D eigenvalue weighted by Gasteiger charge is -2.30. The molecular weight excluding hydrogens is 412 g/mol. The summed E-state index contributed by atoms with van der Waals surface area (Å²) in [6, 6.07) is 16.7. The summed E-state index contributed by atoms with van der Waals surface area (Å²) in [5.41, 5.74) is 1.15. The quantitative estimate of drug-likeness (QED) is 0.448. The first kappa shape index (κ1) is 24.7. The average Bonchev–Trinajstić information content (AvgIpc) is 2.79. The van der Waals surface area contributed by atoms with Crippen molar-refractivity contribution in [1.82, 2.24) is 10.2 Å². The summed E-state index contributed by atoms with van der Waals surface area (Å²) < 4.78 is 5.70. The van der Waals surface area contributed by atoms with Gasteiger partial charge < -0.3 is 15.0 Å². The van der Waals surface area contributed by atoms with Gasteiger partial charge in [-0.25, -0.2) is 0 Å². The van der Waals surface area contributed by atoms with Crippen LogP contribution in [0.1, 0.15) is 45.1 Å². The van der Waals surface area contributed by atoms with Crippen LogP contribution in [0, 0.1) is 0 Å². The first-order chi connectivity index (χ1) is 15.0. The summed E-state index contributed by atoms with van der Waals surface area (Å²) in [6.45, 7) is 5.52. The summed E-state index contributed by atoms with van der Waals surface area (Å²) in [6.07, 6.45) is 3.07. The summed E-state index contributed by atoms with van der Waals surface area (Å²) in [7, 11) is 0. The highest BCUT2D eigenvalue weighted by molar-refractivity contribution is 6.30. The fourth-order valence-electron chi connectivity index (χ4n) is 3.35. The largest absolute Gasteiger partial charge is 0.494 e. The maximum Gasteiger partial charge on any atom is 0.242 e. The van der Waals surface area contributed by atoms with Gasteiger partial charge in [-0.2, -0.15) is 0 Å². The monoisotopic (exact) mass is 444 g/mol. The first-order valence-corrected chi connectivity index (χ1v) is 11.4. The molecule has 0 fully saturated rings. The van der Waals surface area contributed by atoms with Crippen molar-refractivity contribution in [2.75, 3.05) is 19.7 Å². The van der Waals surface area contributed by atoms with Crippen molar-refractivity contribution in [3.05, 3.63) is 65.2 Å². The third-order valence-corrected chi connectivity index (χ3v) is 5.29. The Morgan fingerprint density at radius 2 is 1.77 bits per heavy atom. The highest BCUT2D eigenvalue weighted by atomic mass is 35.5. The fourth-order valence-corrected chi connectivity index (χ4v) is 3.48. The first-order valence-electron chi connectivity index (χ1n) is 11.0. The summed E-state index contributed by atoms with van der Waals surface area (Å²) in [4.78, 5) is 27.5. The molecule has 0 saturated heterocycles. The number of hydrogen-bond acceptors (Lipinski definition) is 3. The number of nitrogens with one attached hydrogen (secondary N) is 1. The van der Waals surface area contributed by atoms with Crippen LogP contribution in [0.4, 0.5) is 0 Å². The molecule has 2 amide bonds. The molecule has 1 unspecified atom stereocenters. The van der Waals surface area contributed by atoms with E-state index in [4.69, 9.17) is 16.3 Å². The van der Waals surface area contributed by atoms with E-state index < -0.39 is 6.04 Å². The number of nitrogens with zero attached hydrogens (tertiary/aromatic N) is 1. The number of ether oxygens (including phenoxy) is 1. The summed E-state index contributed by atoms with van der Waals surface area (Å²) >= 11 is 5.89. The molecule has 0 bridgehead atoms. The minimum absolute atomic E-state index is 0.0193. The van der Waals surface area contributed by atoms with Gasteiger partial charge in [0.25, 0.3) is 0 Å². The molecule has 0 aliphatic rings. The van der Waals surface area contributed by atoms with Crippen molar-refractivity contribution in [1.29, 1.82) is 0 Å². The molecule has 2 rings (SSSR count). The van der Waals surface area contributed by atoms with E-state index in [0.717, 1.165) is 17.7 Å². The lowest BCUT2D eigenvalue weighted by molar-refractivity contribution is -0.140. The zero-order valence-electron chi connectivity index (χ0n) is 18.5. The Labute approximate surface area is 190 Å². The van der Waals surface area contributed by atoms with Crippen molar-refractivity contribution in [3.8, 4) is 5.75 Å². The van der Waals surface area contributed by atoms with Gasteiger partial charge in [0.15, 0.2) is 0 Å². The molecule has 1 atom stereocenters. The van der Waals surface area contributed by atoms with Gasteiger partial charge in [-0.3, -0.25) is 9.59 Å². The molecule has 5 nitrogen and oxygen atoms in total. The van der Waals surface area contributed by atoms with Crippen LogP contribution in [-0.2, 0) is 16.0 Å². The topological polar surface area (TPSA) is 58.6 Å². The second-order valence-corrected chi connectivity index (χ2v) is 7.88. The predicted octanol–water partition coefficient (Wildman–Crippen LogP) is 4.88. The van der Waals surface area contributed by atoms with Crippen LogP contribution in [0.3, 0.4) is 0 Å². The van der Waals surface area contributed by atoms with Crippen LogP contribution in [0.2, 0.25) is 5.02 Å². The van der Waals surface area contributed by atoms with Crippen LogP contribution in [0.5, 0.6) is 5.75 Å². The Morgan fingerprint density at radius 1 is 1.06 bits per heavy atom. The Kier molecular flexibility index (Phi) is 10.9. The molecule has 0 aliphatic carbocycles. The SMILES string of the molecule is CCCNC(=O)C(CC)N(CCc1ccccc1)C(=O)CCCOc1ccc(Cl)cc1. The molecule has 0 saturated carbocycles. The van der Waals surface area contributed by atoms with Gasteiger partial charge in [0.05, 0.1) is 6.61 Å². The summed E-state index contributed by atoms with van der Waals surface area (Å²) in [5, 5.41) is 3.60. The smallest absolute Gasteiger partial charge is 0.242 e. The van der Waals surface area contributed by atoms with Gasteiger partial charge in [-0.1, -0.05) is 55.8 Å². The third-order valence-electron chi connectivity index (χ3n) is 5.04. The minimum atomic E-state index is -0.458. The normalized spacial score (nSPS) is 11.6. The molecule has 6 heteroatoms. The van der Waals surface area contributed by atoms with E-state index in [1.165, 1.54) is 0 Å². The van der Waals surface area contributed by atoms with Crippen LogP contribution >= 0.6 is 11.6 Å². The van der Waals surface area contributed by atoms with Crippen LogP contribution in [0.25, 0.3) is 0 Å². The zero-order valence-corrected chi connectivity index (χ0v) is 19.2. The van der Waals surface area contributed by atoms with Gasteiger partial charge in [0.1, 0.15) is 11.8 Å². The van der Waals surface area contributed by atoms with Crippen LogP contribution < -0.4 is 10.1 Å². The Bertz CT molecular complexity index is 796. The fraction of sp³-hybridized carbons (Fsp3) is 0.440. The van der Waals surface area contributed by atoms with Crippen LogP contribution in [-0.4, -0.2) is 42.5 Å². The second-order valence-electron chi connectivity index (χ2n) is 7.44. The maximum absolute atomic E-state index is 13.1. The van der Waals surface area contributed by atoms with Crippen LogP contribution in [0.15, 0.2) is 54.6 Å². The van der Waals surface area contributed by atoms with E-state index in [1.54, 1.807) is 17.0 Å². The van der Waals surface area contributed by atoms with Gasteiger partial charge in [0.2, 0.25) is 11.8 Å². The van der Waals surface area contributed by atoms with Gasteiger partial charge in [-0.15, -0.1) is 0 Å². The molecule has 0 spiro atoms. The standard InChI is InChI=1S/C25H33ClN2O3/c1-3-17-27-25(30)23(4-2)28(18-16-20-9-6-5-7-10-20)24(29)11-8-19-31-22-14-12-21(26)13-15-22/h5-7,9-10,12-15,23H,3-4,8,11,16-19H2,1-2H3,(H,27,30). The van der Waals surface area contributed by atoms with Crippen molar-refractivity contribution in [2.45, 2.75) is 52.0 Å². The number of rotatable bonds is 13. The Morgan fingerprint density at radius 3 is 2.42 bits per heavy atom. The van der Waals surface area contributed by atoms with Crippen molar-refractivity contribution < 1.29 is 14.3 Å². The van der Waals surface area contributed by atoms with E-state index in [9.17, 15) is 9.59 Å². The van der Waals surface area contributed by atoms with Crippen molar-refractivity contribution >= 4 is 23.4 Å². The number of hydrogen-bond donors (Lipinski definition) is 1. The molecular formula is C25H33ClN2O3. The molecule has 0 aromatic heterocycles. The molecule has 31 heavy (non-hydrogen) atoms. The highest BCUT2D eigenvalue weighted by Gasteiger charge is 2.27. The van der Waals surface area contributed by atoms with Crippen molar-refractivity contribution in [3.63, 3.8) is 0 Å². The average molecular weight is 445 g/mol. The highest BCUT2D eigenvalue weighted by Crippen LogP contribution is 2.16. The maximum atomic E-state index is 13.1. The molecule has 2 aromatic carbocycles. The second kappa shape index (κ2) is 13.7. The predicted molar refractivity (Wildman–Crippen MR) is 125 cm³/mol. The van der Waals surface area contributed by atoms with E-state index in [0.29, 0.717) is 50.4 Å². The van der Waals surface area contributed by atoms with Gasteiger partial charge >= 0.3 is 0 Å². The Hall–Kier alpha value is -2.53. The zero-order chi connectivity index (χ0) is 22.5. The lowest BCUT2D eigenvalue weighted by Crippen LogP contribution is -2.50. The molecule has 0 heterocycles. The van der Waals surface area contributed by atoms with Gasteiger partial charge in [-0.05, 0) is 55.5 Å². The van der Waals surface area contributed by atoms with E-state index >= 15 is 0 Å². The Balaban J connectivity index is 1.96. The third kappa shape index (κ3) is 8.62. The van der Waals surface area contributed by atoms with Gasteiger partial charge in [0, 0.05) is 24.5 Å². The molecule has 0 aliphatic heterocycles. The molecule has 168 valence electrons. The number of carbonyl (C=O) groups excluding carboxylic acids is 2. The molecule has 2 aromatic rings. The van der Waals surface area contributed by atoms with Crippen molar-refractivity contribution in [2.24, 2.45) is 0 Å². The summed E-state index contributed by atoms with van der Waals surface area (Å²) in [5.74, 6) is 0.625. The van der Waals surface area contributed by atoms with E-state index in [2.05, 4.69) is 5.32 Å². The lowest BCUT2D eigenvalue weighted by atomic mass is 10.1. The van der Waals surface area contributed by atoms with E-state index in [-0.39, 0.29) is 11.8 Å². The number of benzene rings is 2. The molecule has 1 N–H and O–H groups in total. The molecule has 0 radical (unpaired) electrons.